The molecule has 4 N–H and O–H groups in total. The van der Waals surface area contributed by atoms with Crippen molar-refractivity contribution >= 4 is 23.5 Å². The Kier molecular flexibility index (Phi) is 8.18. The normalized spacial score (nSPS) is 18.3. The average molecular weight is 443 g/mol. The van der Waals surface area contributed by atoms with Crippen LogP contribution in [0.3, 0.4) is 0 Å². The summed E-state index contributed by atoms with van der Waals surface area (Å²) in [6.45, 7) is 3.68. The molecule has 0 heterocycles. The van der Waals surface area contributed by atoms with E-state index in [1.165, 1.54) is 0 Å². The Morgan fingerprint density at radius 3 is 2.39 bits per heavy atom. The molecule has 7 heteroatoms. The fourth-order valence-electron chi connectivity index (χ4n) is 4.01. The van der Waals surface area contributed by atoms with Crippen molar-refractivity contribution in [3.8, 4) is 11.5 Å². The van der Waals surface area contributed by atoms with Gasteiger partial charge < -0.3 is 21.1 Å². The monoisotopic (exact) mass is 442 g/mol. The lowest BCUT2D eigenvalue weighted by molar-refractivity contribution is -0.130. The highest BCUT2D eigenvalue weighted by molar-refractivity contribution is 6.30. The highest BCUT2D eigenvalue weighted by Gasteiger charge is 2.24. The van der Waals surface area contributed by atoms with E-state index in [4.69, 9.17) is 27.8 Å². The molecule has 0 radical (unpaired) electrons. The predicted octanol–water partition coefficient (Wildman–Crippen LogP) is 4.56. The van der Waals surface area contributed by atoms with Gasteiger partial charge in [-0.05, 0) is 79.5 Å². The Bertz CT molecular complexity index is 889. The third kappa shape index (κ3) is 7.47. The molecule has 1 aliphatic carbocycles. The van der Waals surface area contributed by atoms with Gasteiger partial charge in [0.25, 0.3) is 0 Å². The number of amides is 1. The third-order valence-electron chi connectivity index (χ3n) is 5.74. The number of ether oxygens (including phenoxy) is 1. The molecule has 2 aromatic carbocycles. The van der Waals surface area contributed by atoms with Crippen LogP contribution in [-0.4, -0.2) is 29.9 Å². The largest absolute Gasteiger partial charge is 0.457 e. The number of hydrogen-bond acceptors (Lipinski definition) is 3. The summed E-state index contributed by atoms with van der Waals surface area (Å²) in [5.74, 6) is 2.75. The Morgan fingerprint density at radius 1 is 1.06 bits per heavy atom. The molecule has 0 atom stereocenters. The minimum absolute atomic E-state index is 0.0895. The lowest BCUT2D eigenvalue weighted by Gasteiger charge is -2.32. The first-order valence-corrected chi connectivity index (χ1v) is 11.1. The van der Waals surface area contributed by atoms with Crippen molar-refractivity contribution in [2.24, 2.45) is 28.3 Å². The van der Waals surface area contributed by atoms with Gasteiger partial charge in [-0.15, -0.1) is 0 Å². The number of nitrogens with two attached hydrogens (primary N) is 2. The lowest BCUT2D eigenvalue weighted by atomic mass is 9.81. The van der Waals surface area contributed by atoms with Gasteiger partial charge in [-0.1, -0.05) is 23.7 Å². The number of rotatable bonds is 8. The molecule has 1 fully saturated rings. The van der Waals surface area contributed by atoms with Crippen LogP contribution < -0.4 is 16.2 Å². The van der Waals surface area contributed by atoms with E-state index in [9.17, 15) is 4.79 Å². The van der Waals surface area contributed by atoms with E-state index in [1.807, 2.05) is 41.3 Å². The molecule has 0 spiro atoms. The summed E-state index contributed by atoms with van der Waals surface area (Å²) in [6, 6.07) is 15.1. The SMILES string of the molecule is CC(=O)N(Cc1cccc(Oc2ccc(Cl)cc2)c1)CC1CCC(CN=C(N)N)CC1. The summed E-state index contributed by atoms with van der Waals surface area (Å²) in [7, 11) is 0. The number of carbonyl (C=O) groups excluding carboxylic acids is 1. The van der Waals surface area contributed by atoms with E-state index in [0.29, 0.717) is 29.9 Å². The van der Waals surface area contributed by atoms with E-state index in [1.54, 1.807) is 19.1 Å². The van der Waals surface area contributed by atoms with E-state index in [2.05, 4.69) is 4.99 Å². The molecular weight excluding hydrogens is 412 g/mol. The van der Waals surface area contributed by atoms with Gasteiger partial charge in [-0.2, -0.15) is 0 Å². The van der Waals surface area contributed by atoms with Crippen molar-refractivity contribution in [1.29, 1.82) is 0 Å². The second-order valence-electron chi connectivity index (χ2n) is 8.26. The first-order valence-electron chi connectivity index (χ1n) is 10.7. The van der Waals surface area contributed by atoms with Crippen molar-refractivity contribution in [3.05, 3.63) is 59.1 Å². The van der Waals surface area contributed by atoms with Crippen LogP contribution in [0.25, 0.3) is 0 Å². The smallest absolute Gasteiger partial charge is 0.219 e. The van der Waals surface area contributed by atoms with Gasteiger partial charge >= 0.3 is 0 Å². The van der Waals surface area contributed by atoms with E-state index in [-0.39, 0.29) is 11.9 Å². The summed E-state index contributed by atoms with van der Waals surface area (Å²) in [6.07, 6.45) is 4.37. The molecule has 0 saturated heterocycles. The van der Waals surface area contributed by atoms with Gasteiger partial charge in [0.15, 0.2) is 5.96 Å². The molecule has 0 unspecified atom stereocenters. The Labute approximate surface area is 189 Å². The van der Waals surface area contributed by atoms with Crippen molar-refractivity contribution in [2.75, 3.05) is 13.1 Å². The number of benzene rings is 2. The minimum Gasteiger partial charge on any atom is -0.457 e. The maximum atomic E-state index is 12.3. The number of hydrogen-bond donors (Lipinski definition) is 2. The molecule has 3 rings (SSSR count). The second-order valence-corrected chi connectivity index (χ2v) is 8.69. The zero-order valence-corrected chi connectivity index (χ0v) is 18.7. The van der Waals surface area contributed by atoms with Crippen LogP contribution in [0, 0.1) is 11.8 Å². The highest BCUT2D eigenvalue weighted by atomic mass is 35.5. The topological polar surface area (TPSA) is 93.9 Å². The molecule has 1 aliphatic rings. The van der Waals surface area contributed by atoms with E-state index in [0.717, 1.165) is 49.3 Å². The number of guanidine groups is 1. The van der Waals surface area contributed by atoms with Crippen LogP contribution in [0.4, 0.5) is 0 Å². The summed E-state index contributed by atoms with van der Waals surface area (Å²) < 4.78 is 5.93. The van der Waals surface area contributed by atoms with Gasteiger partial charge in [0, 0.05) is 31.6 Å². The Morgan fingerprint density at radius 2 is 1.74 bits per heavy atom. The van der Waals surface area contributed by atoms with Gasteiger partial charge in [-0.25, -0.2) is 0 Å². The first-order chi connectivity index (χ1) is 14.9. The van der Waals surface area contributed by atoms with Crippen LogP contribution in [0.1, 0.15) is 38.2 Å². The predicted molar refractivity (Wildman–Crippen MR) is 125 cm³/mol. The lowest BCUT2D eigenvalue weighted by Crippen LogP contribution is -2.35. The summed E-state index contributed by atoms with van der Waals surface area (Å²) in [5, 5.41) is 0.670. The maximum Gasteiger partial charge on any atom is 0.219 e. The van der Waals surface area contributed by atoms with Gasteiger partial charge in [0.1, 0.15) is 11.5 Å². The minimum atomic E-state index is 0.0895. The molecule has 166 valence electrons. The highest BCUT2D eigenvalue weighted by Crippen LogP contribution is 2.30. The summed E-state index contributed by atoms with van der Waals surface area (Å²) >= 11 is 5.93. The number of aliphatic imine (C=N–C) groups is 1. The second kappa shape index (κ2) is 11.0. The molecule has 2 aromatic rings. The molecule has 0 aromatic heterocycles. The standard InChI is InChI=1S/C24H31ClN4O2/c1-17(30)29(15-19-7-5-18(6-8-19)14-28-24(26)27)16-20-3-2-4-23(13-20)31-22-11-9-21(25)10-12-22/h2-4,9-13,18-19H,5-8,14-16H2,1H3,(H4,26,27,28). The fraction of sp³-hybridized carbons (Fsp3) is 0.417. The number of halogens is 1. The Hall–Kier alpha value is -2.73. The van der Waals surface area contributed by atoms with Crippen LogP contribution >= 0.6 is 11.6 Å². The van der Waals surface area contributed by atoms with Crippen LogP contribution in [0.2, 0.25) is 5.02 Å². The molecule has 6 nitrogen and oxygen atoms in total. The van der Waals surface area contributed by atoms with Gasteiger partial charge in [0.05, 0.1) is 0 Å². The van der Waals surface area contributed by atoms with Gasteiger partial charge in [0.2, 0.25) is 5.91 Å². The van der Waals surface area contributed by atoms with Crippen molar-refractivity contribution in [1.82, 2.24) is 4.90 Å². The van der Waals surface area contributed by atoms with Crippen molar-refractivity contribution < 1.29 is 9.53 Å². The fourth-order valence-corrected chi connectivity index (χ4v) is 4.14. The molecule has 1 saturated carbocycles. The van der Waals surface area contributed by atoms with Gasteiger partial charge in [-0.3, -0.25) is 9.79 Å². The van der Waals surface area contributed by atoms with Crippen molar-refractivity contribution in [2.45, 2.75) is 39.2 Å². The van der Waals surface area contributed by atoms with Crippen LogP contribution in [0.5, 0.6) is 11.5 Å². The maximum absolute atomic E-state index is 12.3. The molecule has 1 amide bonds. The zero-order chi connectivity index (χ0) is 22.2. The van der Waals surface area contributed by atoms with Crippen molar-refractivity contribution in [3.63, 3.8) is 0 Å². The average Bonchev–Trinajstić information content (AvgIpc) is 2.74. The van der Waals surface area contributed by atoms with E-state index < -0.39 is 0 Å². The summed E-state index contributed by atoms with van der Waals surface area (Å²) in [5.41, 5.74) is 11.9. The van der Waals surface area contributed by atoms with Crippen LogP contribution in [-0.2, 0) is 11.3 Å². The third-order valence-corrected chi connectivity index (χ3v) is 6.00. The van der Waals surface area contributed by atoms with Crippen LogP contribution in [0.15, 0.2) is 53.5 Å². The molecule has 0 bridgehead atoms. The quantitative estimate of drug-likeness (QED) is 0.462. The Balaban J connectivity index is 1.56. The summed E-state index contributed by atoms with van der Waals surface area (Å²) in [4.78, 5) is 18.4. The molecule has 0 aliphatic heterocycles. The zero-order valence-electron chi connectivity index (χ0n) is 18.0. The molecular formula is C24H31ClN4O2. The molecule has 31 heavy (non-hydrogen) atoms. The van der Waals surface area contributed by atoms with E-state index >= 15 is 0 Å². The number of nitrogens with zero attached hydrogens (tertiary/aromatic N) is 2. The number of carbonyl (C=O) groups is 1. The first kappa shape index (κ1) is 22.9.